The van der Waals surface area contributed by atoms with Crippen molar-refractivity contribution >= 4 is 5.78 Å². The lowest BCUT2D eigenvalue weighted by atomic mass is 10.2. The molecule has 0 radical (unpaired) electrons. The molecule has 0 atom stereocenters. The van der Waals surface area contributed by atoms with Gasteiger partial charge in [-0.3, -0.25) is 0 Å². The summed E-state index contributed by atoms with van der Waals surface area (Å²) < 4.78 is 0. The lowest BCUT2D eigenvalue weighted by Crippen LogP contribution is -1.84. The molecule has 72 valence electrons. The van der Waals surface area contributed by atoms with Crippen molar-refractivity contribution in [2.24, 2.45) is 0 Å². The Kier molecular flexibility index (Phi) is 12.1. The van der Waals surface area contributed by atoms with Gasteiger partial charge in [0.05, 0.1) is 0 Å². The Morgan fingerprint density at radius 1 is 1.08 bits per heavy atom. The first-order valence-corrected chi connectivity index (χ1v) is 4.68. The number of ketones is 1. The molecule has 0 saturated heterocycles. The summed E-state index contributed by atoms with van der Waals surface area (Å²) in [4.78, 5) is 10.0. The second-order valence-corrected chi connectivity index (χ2v) is 3.16. The maximum atomic E-state index is 10.0. The zero-order chi connectivity index (χ0) is 9.98. The Morgan fingerprint density at radius 3 is 1.50 bits per heavy atom. The number of hydrogen-bond donors (Lipinski definition) is 0. The SMILES string of the molecule is C=C(C)CCC.CCCC(C)=O. The van der Waals surface area contributed by atoms with Crippen LogP contribution in [0.25, 0.3) is 0 Å². The van der Waals surface area contributed by atoms with E-state index in [9.17, 15) is 4.79 Å². The molecule has 0 unspecified atom stereocenters. The fourth-order valence-corrected chi connectivity index (χ4v) is 0.779. The Bertz CT molecular complexity index is 109. The van der Waals surface area contributed by atoms with Crippen molar-refractivity contribution in [2.75, 3.05) is 0 Å². The number of allylic oxidation sites excluding steroid dienone is 1. The number of carbonyl (C=O) groups is 1. The van der Waals surface area contributed by atoms with Crippen LogP contribution in [-0.4, -0.2) is 5.78 Å². The van der Waals surface area contributed by atoms with Crippen LogP contribution in [0.1, 0.15) is 53.4 Å². The van der Waals surface area contributed by atoms with Gasteiger partial charge in [-0.15, -0.1) is 6.58 Å². The molecule has 0 fully saturated rings. The Balaban J connectivity index is 0. The monoisotopic (exact) mass is 170 g/mol. The van der Waals surface area contributed by atoms with E-state index in [1.54, 1.807) is 6.92 Å². The van der Waals surface area contributed by atoms with Crippen molar-refractivity contribution < 1.29 is 4.79 Å². The van der Waals surface area contributed by atoms with Gasteiger partial charge in [-0.25, -0.2) is 0 Å². The first-order valence-electron chi connectivity index (χ1n) is 4.68. The highest BCUT2D eigenvalue weighted by atomic mass is 16.1. The van der Waals surface area contributed by atoms with Gasteiger partial charge in [0.1, 0.15) is 5.78 Å². The Hall–Kier alpha value is -0.590. The molecule has 0 bridgehead atoms. The molecule has 0 aromatic carbocycles. The number of carbonyl (C=O) groups excluding carboxylic acids is 1. The number of Topliss-reactive ketones (excluding diaryl/α,β-unsaturated/α-hetero) is 1. The van der Waals surface area contributed by atoms with E-state index in [4.69, 9.17) is 0 Å². The molecule has 1 nitrogen and oxygen atoms in total. The van der Waals surface area contributed by atoms with Gasteiger partial charge in [0.25, 0.3) is 0 Å². The van der Waals surface area contributed by atoms with Gasteiger partial charge >= 0.3 is 0 Å². The second kappa shape index (κ2) is 10.4. The molecule has 0 aliphatic rings. The minimum absolute atomic E-state index is 0.289. The Morgan fingerprint density at radius 2 is 1.50 bits per heavy atom. The summed E-state index contributed by atoms with van der Waals surface area (Å²) >= 11 is 0. The van der Waals surface area contributed by atoms with Gasteiger partial charge < -0.3 is 4.79 Å². The van der Waals surface area contributed by atoms with Crippen LogP contribution in [0.3, 0.4) is 0 Å². The number of hydrogen-bond acceptors (Lipinski definition) is 1. The topological polar surface area (TPSA) is 17.1 Å². The molecule has 0 saturated carbocycles. The molecule has 0 aromatic rings. The van der Waals surface area contributed by atoms with Crippen molar-refractivity contribution in [2.45, 2.75) is 53.4 Å². The van der Waals surface area contributed by atoms with Crippen molar-refractivity contribution in [3.8, 4) is 0 Å². The van der Waals surface area contributed by atoms with Gasteiger partial charge in [-0.05, 0) is 26.7 Å². The van der Waals surface area contributed by atoms with Crippen LogP contribution >= 0.6 is 0 Å². The summed E-state index contributed by atoms with van der Waals surface area (Å²) in [5, 5.41) is 0. The summed E-state index contributed by atoms with van der Waals surface area (Å²) in [7, 11) is 0. The average molecular weight is 170 g/mol. The third-order valence-electron chi connectivity index (χ3n) is 1.28. The molecule has 1 heteroatoms. The summed E-state index contributed by atoms with van der Waals surface area (Å²) in [6.07, 6.45) is 4.13. The summed E-state index contributed by atoms with van der Waals surface area (Å²) in [5.41, 5.74) is 1.29. The minimum Gasteiger partial charge on any atom is -0.300 e. The van der Waals surface area contributed by atoms with Crippen molar-refractivity contribution in [3.05, 3.63) is 12.2 Å². The highest BCUT2D eigenvalue weighted by Gasteiger charge is 1.83. The van der Waals surface area contributed by atoms with E-state index in [0.29, 0.717) is 0 Å². The smallest absolute Gasteiger partial charge is 0.129 e. The van der Waals surface area contributed by atoms with Crippen LogP contribution in [0.4, 0.5) is 0 Å². The van der Waals surface area contributed by atoms with Crippen molar-refractivity contribution in [1.82, 2.24) is 0 Å². The molecule has 0 rings (SSSR count). The zero-order valence-electron chi connectivity index (χ0n) is 8.94. The predicted molar refractivity (Wildman–Crippen MR) is 55.3 cm³/mol. The average Bonchev–Trinajstić information content (AvgIpc) is 1.87. The molecule has 0 N–H and O–H groups in total. The van der Waals surface area contributed by atoms with Gasteiger partial charge in [-0.2, -0.15) is 0 Å². The van der Waals surface area contributed by atoms with Crippen LogP contribution in [0.2, 0.25) is 0 Å². The molecule has 0 aliphatic heterocycles. The lowest BCUT2D eigenvalue weighted by Gasteiger charge is -1.87. The van der Waals surface area contributed by atoms with E-state index >= 15 is 0 Å². The second-order valence-electron chi connectivity index (χ2n) is 3.16. The third-order valence-corrected chi connectivity index (χ3v) is 1.28. The van der Waals surface area contributed by atoms with Gasteiger partial charge in [0.15, 0.2) is 0 Å². The highest BCUT2D eigenvalue weighted by Crippen LogP contribution is 1.96. The van der Waals surface area contributed by atoms with E-state index in [-0.39, 0.29) is 5.78 Å². The molecule has 0 heterocycles. The highest BCUT2D eigenvalue weighted by molar-refractivity contribution is 5.75. The molecule has 0 aromatic heterocycles. The lowest BCUT2D eigenvalue weighted by molar-refractivity contribution is -0.117. The molecular weight excluding hydrogens is 148 g/mol. The molecule has 12 heavy (non-hydrogen) atoms. The van der Waals surface area contributed by atoms with Crippen LogP contribution < -0.4 is 0 Å². The molecule has 0 aliphatic carbocycles. The van der Waals surface area contributed by atoms with Gasteiger partial charge in [0, 0.05) is 6.42 Å². The maximum Gasteiger partial charge on any atom is 0.129 e. The molecular formula is C11H22O. The third kappa shape index (κ3) is 22.7. The van der Waals surface area contributed by atoms with Crippen molar-refractivity contribution in [1.29, 1.82) is 0 Å². The Labute approximate surface area is 76.9 Å². The van der Waals surface area contributed by atoms with E-state index in [2.05, 4.69) is 20.4 Å². The fourth-order valence-electron chi connectivity index (χ4n) is 0.779. The van der Waals surface area contributed by atoms with E-state index in [0.717, 1.165) is 12.8 Å². The standard InChI is InChI=1S/C6H12.C5H10O/c1-4-5-6(2)3;1-3-4-5(2)6/h2,4-5H2,1,3H3;3-4H2,1-2H3. The zero-order valence-corrected chi connectivity index (χ0v) is 8.94. The van der Waals surface area contributed by atoms with Crippen LogP contribution in [0.15, 0.2) is 12.2 Å². The largest absolute Gasteiger partial charge is 0.300 e. The molecule has 0 amide bonds. The van der Waals surface area contributed by atoms with Crippen LogP contribution in [0.5, 0.6) is 0 Å². The summed E-state index contributed by atoms with van der Waals surface area (Å²) in [6, 6.07) is 0. The predicted octanol–water partition coefficient (Wildman–Crippen LogP) is 3.74. The van der Waals surface area contributed by atoms with E-state index in [1.165, 1.54) is 18.4 Å². The maximum absolute atomic E-state index is 10.0. The van der Waals surface area contributed by atoms with Gasteiger partial charge in [0.2, 0.25) is 0 Å². The van der Waals surface area contributed by atoms with E-state index in [1.807, 2.05) is 6.92 Å². The van der Waals surface area contributed by atoms with Crippen molar-refractivity contribution in [3.63, 3.8) is 0 Å². The fraction of sp³-hybridized carbons (Fsp3) is 0.727. The summed E-state index contributed by atoms with van der Waals surface area (Å²) in [5.74, 6) is 0.289. The molecule has 0 spiro atoms. The normalized spacial score (nSPS) is 8.33. The van der Waals surface area contributed by atoms with E-state index < -0.39 is 0 Å². The number of rotatable bonds is 4. The first-order chi connectivity index (χ1) is 5.54. The van der Waals surface area contributed by atoms with Gasteiger partial charge in [-0.1, -0.05) is 25.8 Å². The van der Waals surface area contributed by atoms with Crippen LogP contribution in [-0.2, 0) is 4.79 Å². The first kappa shape index (κ1) is 14.0. The quantitative estimate of drug-likeness (QED) is 0.587. The minimum atomic E-state index is 0.289. The summed E-state index contributed by atoms with van der Waals surface area (Å²) in [6.45, 7) is 11.6. The van der Waals surface area contributed by atoms with Crippen LogP contribution in [0, 0.1) is 0 Å².